The fraction of sp³-hybridized carbons (Fsp3) is 0.286. The lowest BCUT2D eigenvalue weighted by molar-refractivity contribution is 0.340. The van der Waals surface area contributed by atoms with E-state index in [1.807, 2.05) is 19.2 Å². The Labute approximate surface area is 98.5 Å². The number of likely N-dealkylation sites (N-methyl/N-ethyl adjacent to an activating group) is 1. The molecular formula is C14H20N2. The summed E-state index contributed by atoms with van der Waals surface area (Å²) in [5.74, 6) is 0.983. The Morgan fingerprint density at radius 2 is 1.56 bits per heavy atom. The van der Waals surface area contributed by atoms with Gasteiger partial charge in [-0.1, -0.05) is 31.9 Å². The van der Waals surface area contributed by atoms with Gasteiger partial charge in [0.25, 0.3) is 0 Å². The molecule has 0 aromatic rings. The van der Waals surface area contributed by atoms with E-state index < -0.39 is 0 Å². The molecule has 1 heterocycles. The van der Waals surface area contributed by atoms with E-state index in [0.717, 1.165) is 17.2 Å². The molecule has 1 saturated heterocycles. The number of rotatable bonds is 3. The van der Waals surface area contributed by atoms with Crippen molar-refractivity contribution in [3.63, 3.8) is 0 Å². The van der Waals surface area contributed by atoms with Gasteiger partial charge in [-0.3, -0.25) is 0 Å². The first kappa shape index (κ1) is 12.4. The quantitative estimate of drug-likeness (QED) is 0.714. The predicted molar refractivity (Wildman–Crippen MR) is 70.4 cm³/mol. The fourth-order valence-corrected chi connectivity index (χ4v) is 1.90. The molecule has 1 rings (SSSR count). The van der Waals surface area contributed by atoms with Crippen molar-refractivity contribution in [3.05, 3.63) is 61.3 Å². The molecule has 16 heavy (non-hydrogen) atoms. The van der Waals surface area contributed by atoms with E-state index in [1.165, 1.54) is 0 Å². The van der Waals surface area contributed by atoms with Gasteiger partial charge in [0.1, 0.15) is 5.82 Å². The van der Waals surface area contributed by atoms with Crippen LogP contribution in [0, 0.1) is 0 Å². The van der Waals surface area contributed by atoms with Crippen molar-refractivity contribution in [2.45, 2.75) is 19.9 Å². The van der Waals surface area contributed by atoms with Crippen LogP contribution in [0.2, 0.25) is 0 Å². The minimum absolute atomic E-state index is 0.372. The molecule has 2 heteroatoms. The smallest absolute Gasteiger partial charge is 0.106 e. The molecule has 2 nitrogen and oxygen atoms in total. The highest BCUT2D eigenvalue weighted by Gasteiger charge is 2.31. The second-order valence-electron chi connectivity index (χ2n) is 4.01. The molecule has 0 radical (unpaired) electrons. The summed E-state index contributed by atoms with van der Waals surface area (Å²) < 4.78 is 0. The van der Waals surface area contributed by atoms with E-state index in [4.69, 9.17) is 0 Å². The van der Waals surface area contributed by atoms with E-state index in [0.29, 0.717) is 6.04 Å². The average Bonchev–Trinajstić information content (AvgIpc) is 2.44. The van der Waals surface area contributed by atoms with Gasteiger partial charge in [-0.25, -0.2) is 0 Å². The second kappa shape index (κ2) is 4.88. The van der Waals surface area contributed by atoms with Crippen molar-refractivity contribution >= 4 is 0 Å². The Hall–Kier alpha value is -1.70. The van der Waals surface area contributed by atoms with Crippen LogP contribution in [0.3, 0.4) is 0 Å². The summed E-state index contributed by atoms with van der Waals surface area (Å²) in [7, 11) is 2.01. The predicted octanol–water partition coefficient (Wildman–Crippen LogP) is 3.25. The summed E-state index contributed by atoms with van der Waals surface area (Å²) >= 11 is 0. The Morgan fingerprint density at radius 1 is 1.06 bits per heavy atom. The van der Waals surface area contributed by atoms with E-state index in [2.05, 4.69) is 43.4 Å². The maximum absolute atomic E-state index is 4.10. The molecule has 0 saturated carbocycles. The lowest BCUT2D eigenvalue weighted by atomic mass is 10.2. The number of allylic oxidation sites excluding steroid dienone is 4. The van der Waals surface area contributed by atoms with Gasteiger partial charge in [0.15, 0.2) is 0 Å². The molecule has 0 amide bonds. The summed E-state index contributed by atoms with van der Waals surface area (Å²) in [5.41, 5.74) is 2.23. The molecule has 0 atom stereocenters. The first-order chi connectivity index (χ1) is 7.54. The first-order valence-electron chi connectivity index (χ1n) is 5.42. The summed E-state index contributed by atoms with van der Waals surface area (Å²) in [5, 5.41) is 0. The lowest BCUT2D eigenvalue weighted by Gasteiger charge is -2.24. The largest absolute Gasteiger partial charge is 0.330 e. The molecule has 86 valence electrons. The maximum Gasteiger partial charge on any atom is 0.106 e. The lowest BCUT2D eigenvalue weighted by Crippen LogP contribution is -2.26. The van der Waals surface area contributed by atoms with Crippen LogP contribution >= 0.6 is 0 Å². The van der Waals surface area contributed by atoms with Gasteiger partial charge in [-0.05, 0) is 26.0 Å². The Balaban J connectivity index is 3.28. The minimum atomic E-state index is 0.372. The minimum Gasteiger partial charge on any atom is -0.330 e. The standard InChI is InChI=1S/C14H20N2/c1-7-9-13-14(10-8-2)16(11(3)4)12(5)15(13)6/h7-11H,1-2,5H2,3-4,6H3/b13-9?,14-10+. The SMILES string of the molecule is C=CC=C1/C(=C\C=C)N(C(C)C)C(=C)N1C. The monoisotopic (exact) mass is 216 g/mol. The molecule has 0 aromatic carbocycles. The highest BCUT2D eigenvalue weighted by molar-refractivity contribution is 5.43. The van der Waals surface area contributed by atoms with Crippen LogP contribution in [0.1, 0.15) is 13.8 Å². The topological polar surface area (TPSA) is 6.48 Å². The first-order valence-corrected chi connectivity index (χ1v) is 5.42. The molecular weight excluding hydrogens is 196 g/mol. The molecule has 1 fully saturated rings. The molecule has 0 spiro atoms. The third kappa shape index (κ3) is 1.96. The van der Waals surface area contributed by atoms with Crippen LogP contribution in [0.4, 0.5) is 0 Å². The molecule has 0 N–H and O–H groups in total. The van der Waals surface area contributed by atoms with Crippen molar-refractivity contribution in [2.75, 3.05) is 7.05 Å². The van der Waals surface area contributed by atoms with E-state index >= 15 is 0 Å². The zero-order valence-electron chi connectivity index (χ0n) is 10.4. The van der Waals surface area contributed by atoms with Crippen molar-refractivity contribution in [1.29, 1.82) is 0 Å². The van der Waals surface area contributed by atoms with Gasteiger partial charge in [0.05, 0.1) is 11.4 Å². The molecule has 0 bridgehead atoms. The number of hydrogen-bond donors (Lipinski definition) is 0. The maximum atomic E-state index is 4.10. The van der Waals surface area contributed by atoms with Crippen molar-refractivity contribution < 1.29 is 0 Å². The van der Waals surface area contributed by atoms with E-state index in [9.17, 15) is 0 Å². The molecule has 0 aliphatic carbocycles. The van der Waals surface area contributed by atoms with Crippen LogP contribution < -0.4 is 0 Å². The van der Waals surface area contributed by atoms with Gasteiger partial charge < -0.3 is 9.80 Å². The third-order valence-corrected chi connectivity index (χ3v) is 2.62. The van der Waals surface area contributed by atoms with Gasteiger partial charge in [-0.2, -0.15) is 0 Å². The van der Waals surface area contributed by atoms with Crippen LogP contribution in [-0.2, 0) is 0 Å². The highest BCUT2D eigenvalue weighted by Crippen LogP contribution is 2.35. The van der Waals surface area contributed by atoms with E-state index in [1.54, 1.807) is 12.2 Å². The van der Waals surface area contributed by atoms with Crippen molar-refractivity contribution in [1.82, 2.24) is 9.80 Å². The molecule has 0 unspecified atom stereocenters. The zero-order chi connectivity index (χ0) is 12.3. The van der Waals surface area contributed by atoms with Crippen LogP contribution in [0.25, 0.3) is 0 Å². The Morgan fingerprint density at radius 3 is 2.00 bits per heavy atom. The van der Waals surface area contributed by atoms with Crippen LogP contribution in [-0.4, -0.2) is 22.9 Å². The summed E-state index contributed by atoms with van der Waals surface area (Å²) in [6.07, 6.45) is 7.58. The zero-order valence-corrected chi connectivity index (χ0v) is 10.4. The normalized spacial score (nSPS) is 21.4. The summed E-state index contributed by atoms with van der Waals surface area (Å²) in [6, 6.07) is 0.372. The van der Waals surface area contributed by atoms with E-state index in [-0.39, 0.29) is 0 Å². The van der Waals surface area contributed by atoms with Crippen LogP contribution in [0.15, 0.2) is 61.3 Å². The Kier molecular flexibility index (Phi) is 3.78. The van der Waals surface area contributed by atoms with Gasteiger partial charge >= 0.3 is 0 Å². The summed E-state index contributed by atoms with van der Waals surface area (Å²) in [6.45, 7) is 15.9. The summed E-state index contributed by atoms with van der Waals surface area (Å²) in [4.78, 5) is 4.26. The second-order valence-corrected chi connectivity index (χ2v) is 4.01. The van der Waals surface area contributed by atoms with Crippen molar-refractivity contribution in [2.24, 2.45) is 0 Å². The van der Waals surface area contributed by atoms with Crippen molar-refractivity contribution in [3.8, 4) is 0 Å². The fourth-order valence-electron chi connectivity index (χ4n) is 1.90. The molecule has 1 aliphatic rings. The average molecular weight is 216 g/mol. The van der Waals surface area contributed by atoms with Gasteiger partial charge in [0.2, 0.25) is 0 Å². The molecule has 0 aromatic heterocycles. The van der Waals surface area contributed by atoms with Gasteiger partial charge in [-0.15, -0.1) is 0 Å². The Bertz CT molecular complexity index is 372. The molecule has 1 aliphatic heterocycles. The highest BCUT2D eigenvalue weighted by atomic mass is 15.4. The third-order valence-electron chi connectivity index (χ3n) is 2.62. The van der Waals surface area contributed by atoms with Gasteiger partial charge in [0, 0.05) is 13.1 Å². The number of hydrogen-bond acceptors (Lipinski definition) is 2. The number of nitrogens with zero attached hydrogens (tertiary/aromatic N) is 2. The van der Waals surface area contributed by atoms with Crippen LogP contribution in [0.5, 0.6) is 0 Å².